The molecule has 0 saturated heterocycles. The lowest BCUT2D eigenvalue weighted by atomic mass is 10.1. The van der Waals surface area contributed by atoms with Gasteiger partial charge in [-0.2, -0.15) is 0 Å². The Morgan fingerprint density at radius 3 is 0.397 bits per heavy atom. The van der Waals surface area contributed by atoms with Crippen LogP contribution in [0.4, 0.5) is 4.79 Å². The second-order valence-corrected chi connectivity index (χ2v) is 26.0. The van der Waals surface area contributed by atoms with Gasteiger partial charge in [0, 0.05) is 5.97 Å². The summed E-state index contributed by atoms with van der Waals surface area (Å²) < 4.78 is 3.73. The molecular weight excluding hydrogens is 963 g/mol. The first-order valence-electron chi connectivity index (χ1n) is 34.9. The molecule has 0 N–H and O–H groups in total. The highest BCUT2D eigenvalue weighted by Gasteiger charge is 2.16. The third-order valence-electron chi connectivity index (χ3n) is 16.0. The summed E-state index contributed by atoms with van der Waals surface area (Å²) in [6.07, 6.45) is 66.9. The van der Waals surface area contributed by atoms with Crippen molar-refractivity contribution in [1.82, 2.24) is 0 Å². The lowest BCUT2D eigenvalue weighted by Crippen LogP contribution is -2.41. The van der Waals surface area contributed by atoms with Crippen molar-refractivity contribution < 1.29 is 38.4 Å². The standard InChI is InChI=1S/3C22H48N.C3H6O2.CH2O3/c3*1-5-7-9-11-13-15-17-19-21-23(3,4)22-20-18-16-14-12-10-8-6-2;1-2-3(4)5;2-1(3)4/h3*5-22H2,1-4H3;2H2,1H3,(H,4,5);(H2,2,3,4)/q3*+1;;/p-3. The van der Waals surface area contributed by atoms with Gasteiger partial charge in [-0.05, 0) is 89.6 Å². The topological polar surface area (TPSA) is 103 Å². The summed E-state index contributed by atoms with van der Waals surface area (Å²) in [5.74, 6) is -0.995. The van der Waals surface area contributed by atoms with Crippen molar-refractivity contribution in [3.63, 3.8) is 0 Å². The third-order valence-corrected chi connectivity index (χ3v) is 16.0. The molecule has 0 aliphatic rings. The number of carboxylic acids is 1. The van der Waals surface area contributed by atoms with E-state index in [9.17, 15) is 9.90 Å². The van der Waals surface area contributed by atoms with Crippen LogP contribution in [0.25, 0.3) is 0 Å². The zero-order chi connectivity index (χ0) is 59.5. The van der Waals surface area contributed by atoms with Crippen LogP contribution < -0.4 is 15.3 Å². The van der Waals surface area contributed by atoms with Gasteiger partial charge in [0.1, 0.15) is 0 Å². The number of unbranched alkanes of at least 4 members (excludes halogenated alkanes) is 42. The molecule has 0 aromatic rings. The molecule has 8 heteroatoms. The Morgan fingerprint density at radius 2 is 0.308 bits per heavy atom. The summed E-state index contributed by atoms with van der Waals surface area (Å²) in [5.41, 5.74) is 0. The van der Waals surface area contributed by atoms with Crippen molar-refractivity contribution >= 4 is 12.1 Å². The van der Waals surface area contributed by atoms with Gasteiger partial charge in [0.15, 0.2) is 0 Å². The van der Waals surface area contributed by atoms with Gasteiger partial charge in [-0.15, -0.1) is 0 Å². The Hall–Kier alpha value is -1.38. The molecule has 0 aliphatic heterocycles. The Morgan fingerprint density at radius 1 is 0.218 bits per heavy atom. The normalized spacial score (nSPS) is 11.4. The van der Waals surface area contributed by atoms with E-state index < -0.39 is 12.1 Å². The third kappa shape index (κ3) is 91.1. The fraction of sp³-hybridized carbons (Fsp3) is 0.971. The highest BCUT2D eigenvalue weighted by atomic mass is 16.6. The Labute approximate surface area is 493 Å². The van der Waals surface area contributed by atoms with Crippen LogP contribution in [0.1, 0.15) is 363 Å². The first-order valence-corrected chi connectivity index (χ1v) is 34.9. The number of hydrogen-bond donors (Lipinski definition) is 0. The molecule has 0 radical (unpaired) electrons. The number of carbonyl (C=O) groups is 2. The van der Waals surface area contributed by atoms with Crippen LogP contribution in [0.15, 0.2) is 0 Å². The van der Waals surface area contributed by atoms with Crippen molar-refractivity contribution in [2.24, 2.45) is 0 Å². The summed E-state index contributed by atoms with van der Waals surface area (Å²) in [5, 5.41) is 25.9. The molecule has 0 atom stereocenters. The number of carbonyl (C=O) groups excluding carboxylic acids is 2. The maximum atomic E-state index is 9.26. The molecule has 474 valence electrons. The van der Waals surface area contributed by atoms with Gasteiger partial charge in [-0.25, -0.2) is 0 Å². The second kappa shape index (κ2) is 69.9. The Balaban J connectivity index is -0.000000315. The molecule has 0 unspecified atom stereocenters. The fourth-order valence-electron chi connectivity index (χ4n) is 10.4. The quantitative estimate of drug-likeness (QED) is 0.0446. The highest BCUT2D eigenvalue weighted by molar-refractivity contribution is 5.63. The number of carboxylic acid groups (broad SMARTS) is 3. The van der Waals surface area contributed by atoms with Crippen LogP contribution >= 0.6 is 0 Å². The molecule has 0 amide bonds. The van der Waals surface area contributed by atoms with Crippen molar-refractivity contribution in [1.29, 1.82) is 0 Å². The van der Waals surface area contributed by atoms with Crippen LogP contribution in [0.2, 0.25) is 0 Å². The Bertz CT molecular complexity index is 930. The van der Waals surface area contributed by atoms with E-state index in [0.29, 0.717) is 0 Å². The zero-order valence-electron chi connectivity index (χ0n) is 56.3. The van der Waals surface area contributed by atoms with Crippen LogP contribution in [0.5, 0.6) is 0 Å². The number of hydrogen-bond acceptors (Lipinski definition) is 5. The van der Waals surface area contributed by atoms with E-state index in [-0.39, 0.29) is 6.42 Å². The van der Waals surface area contributed by atoms with Crippen molar-refractivity contribution in [3.05, 3.63) is 0 Å². The minimum atomic E-state index is -2.33. The van der Waals surface area contributed by atoms with Gasteiger partial charge in [0.25, 0.3) is 0 Å². The maximum absolute atomic E-state index is 9.26. The summed E-state index contributed by atoms with van der Waals surface area (Å²) in [4.78, 5) is 17.6. The van der Waals surface area contributed by atoms with E-state index in [4.69, 9.17) is 15.0 Å². The van der Waals surface area contributed by atoms with E-state index >= 15 is 0 Å². The SMILES string of the molecule is CCC(=O)[O-].CCCCCCCCCC[N+](C)(C)CCCCCCCCCC.CCCCCCCCCC[N+](C)(C)CCCCCCCCCC.CCCCCCCCCC[N+](C)(C)CCCCCCCCCC.O=C([O-])[O-]. The van der Waals surface area contributed by atoms with Crippen LogP contribution in [0, 0.1) is 0 Å². The van der Waals surface area contributed by atoms with Gasteiger partial charge in [-0.3, -0.25) is 0 Å². The zero-order valence-corrected chi connectivity index (χ0v) is 56.3. The van der Waals surface area contributed by atoms with Crippen LogP contribution in [-0.4, -0.2) is 107 Å². The van der Waals surface area contributed by atoms with Gasteiger partial charge >= 0.3 is 0 Å². The number of aliphatic carboxylic acids is 1. The van der Waals surface area contributed by atoms with Gasteiger partial charge in [0.05, 0.1) is 81.6 Å². The molecule has 0 rings (SSSR count). The monoisotopic (exact) mass is 1110 g/mol. The molecular formula is C70H149N3O5. The van der Waals surface area contributed by atoms with Crippen molar-refractivity contribution in [3.8, 4) is 0 Å². The number of rotatable bonds is 55. The fourth-order valence-corrected chi connectivity index (χ4v) is 10.4. The van der Waals surface area contributed by atoms with E-state index in [1.807, 2.05) is 0 Å². The van der Waals surface area contributed by atoms with Crippen molar-refractivity contribution in [2.75, 3.05) is 81.6 Å². The smallest absolute Gasteiger partial charge is 0.0782 e. The summed E-state index contributed by atoms with van der Waals surface area (Å²) >= 11 is 0. The number of quaternary nitrogens is 3. The second-order valence-electron chi connectivity index (χ2n) is 26.0. The average Bonchev–Trinajstić information content (AvgIpc) is 3.39. The maximum Gasteiger partial charge on any atom is 0.0782 e. The van der Waals surface area contributed by atoms with Crippen molar-refractivity contribution in [2.45, 2.75) is 363 Å². The van der Waals surface area contributed by atoms with E-state index in [0.717, 1.165) is 0 Å². The highest BCUT2D eigenvalue weighted by Crippen LogP contribution is 2.17. The molecule has 0 aromatic heterocycles. The van der Waals surface area contributed by atoms with Crippen LogP contribution in [-0.2, 0) is 4.79 Å². The molecule has 0 spiro atoms. The van der Waals surface area contributed by atoms with E-state index in [1.165, 1.54) is 368 Å². The molecule has 0 saturated carbocycles. The predicted molar refractivity (Wildman–Crippen MR) is 342 cm³/mol. The van der Waals surface area contributed by atoms with Gasteiger partial charge in [0.2, 0.25) is 0 Å². The molecule has 8 nitrogen and oxygen atoms in total. The van der Waals surface area contributed by atoms with Gasteiger partial charge in [-0.1, -0.05) is 280 Å². The molecule has 0 fully saturated rings. The van der Waals surface area contributed by atoms with Crippen LogP contribution in [0.3, 0.4) is 0 Å². The summed E-state index contributed by atoms with van der Waals surface area (Å²) in [6.45, 7) is 23.6. The first kappa shape index (κ1) is 85.4. The lowest BCUT2D eigenvalue weighted by molar-refractivity contribution is -0.890. The Kier molecular flexibility index (Phi) is 76.5. The minimum absolute atomic E-state index is 0.111. The average molecular weight is 1110 g/mol. The molecule has 0 heterocycles. The predicted octanol–water partition coefficient (Wildman–Crippen LogP) is 18.7. The lowest BCUT2D eigenvalue weighted by Gasteiger charge is -2.30. The minimum Gasteiger partial charge on any atom is -0.652 e. The summed E-state index contributed by atoms with van der Waals surface area (Å²) in [7, 11) is 14.6. The first-order chi connectivity index (χ1) is 37.4. The number of nitrogens with zero attached hydrogens (tertiary/aromatic N) is 3. The van der Waals surface area contributed by atoms with Gasteiger partial charge < -0.3 is 38.4 Å². The largest absolute Gasteiger partial charge is 0.652 e. The molecule has 0 bridgehead atoms. The molecule has 0 aromatic carbocycles. The molecule has 0 aliphatic carbocycles. The molecule has 78 heavy (non-hydrogen) atoms. The van der Waals surface area contributed by atoms with E-state index in [2.05, 4.69) is 83.8 Å². The summed E-state index contributed by atoms with van der Waals surface area (Å²) in [6, 6.07) is 0. The van der Waals surface area contributed by atoms with E-state index in [1.54, 1.807) is 0 Å².